The predicted molar refractivity (Wildman–Crippen MR) is 84.1 cm³/mol. The minimum absolute atomic E-state index is 0.0348. The summed E-state index contributed by atoms with van der Waals surface area (Å²) >= 11 is 0. The van der Waals surface area contributed by atoms with Crippen molar-refractivity contribution in [2.45, 2.75) is 18.6 Å². The average molecular weight is 300 g/mol. The van der Waals surface area contributed by atoms with Crippen LogP contribution in [0.1, 0.15) is 6.42 Å². The monoisotopic (exact) mass is 300 g/mol. The topological polar surface area (TPSA) is 40.2 Å². The number of rotatable bonds is 6. The minimum Gasteiger partial charge on any atom is -0.497 e. The fourth-order valence-electron chi connectivity index (χ4n) is 2.07. The van der Waals surface area contributed by atoms with Crippen LogP contribution in [0.15, 0.2) is 60.4 Å². The molecule has 2 aliphatic rings. The van der Waals surface area contributed by atoms with E-state index in [2.05, 4.69) is 12.2 Å². The number of hydrogen-bond donors (Lipinski definition) is 0. The largest absolute Gasteiger partial charge is 0.497 e. The van der Waals surface area contributed by atoms with E-state index in [4.69, 9.17) is 18.9 Å². The van der Waals surface area contributed by atoms with Gasteiger partial charge in [0.25, 0.3) is 0 Å². The molecular formula is C18H20O4. The summed E-state index contributed by atoms with van der Waals surface area (Å²) in [6.45, 7) is 1.45. The Morgan fingerprint density at radius 2 is 1.91 bits per heavy atom. The van der Waals surface area contributed by atoms with Crippen LogP contribution in [0.3, 0.4) is 0 Å². The van der Waals surface area contributed by atoms with E-state index in [1.165, 1.54) is 0 Å². The molecule has 0 N–H and O–H groups in total. The summed E-state index contributed by atoms with van der Waals surface area (Å²) in [5.41, 5.74) is 0. The molecule has 1 saturated heterocycles. The van der Waals surface area contributed by atoms with Crippen LogP contribution in [0.2, 0.25) is 0 Å². The summed E-state index contributed by atoms with van der Waals surface area (Å²) in [6, 6.07) is 7.54. The van der Waals surface area contributed by atoms with E-state index < -0.39 is 0 Å². The van der Waals surface area contributed by atoms with Gasteiger partial charge in [-0.15, -0.1) is 0 Å². The number of epoxide rings is 1. The molecular weight excluding hydrogens is 280 g/mol. The third kappa shape index (κ3) is 4.48. The fraction of sp³-hybridized carbons (Fsp3) is 0.333. The van der Waals surface area contributed by atoms with Crippen LogP contribution in [0.5, 0.6) is 11.5 Å². The van der Waals surface area contributed by atoms with Gasteiger partial charge in [0.2, 0.25) is 0 Å². The maximum atomic E-state index is 5.88. The molecule has 1 heterocycles. The van der Waals surface area contributed by atoms with E-state index >= 15 is 0 Å². The van der Waals surface area contributed by atoms with Crippen molar-refractivity contribution in [3.63, 3.8) is 0 Å². The zero-order chi connectivity index (χ0) is 15.2. The molecule has 1 aliphatic carbocycles. The smallest absolute Gasteiger partial charge is 0.127 e. The van der Waals surface area contributed by atoms with Crippen LogP contribution < -0.4 is 9.47 Å². The zero-order valence-electron chi connectivity index (χ0n) is 12.6. The Kier molecular flexibility index (Phi) is 4.93. The van der Waals surface area contributed by atoms with Crippen molar-refractivity contribution >= 4 is 0 Å². The lowest BCUT2D eigenvalue weighted by atomic mass is 10.2. The van der Waals surface area contributed by atoms with Crippen LogP contribution in [0.4, 0.5) is 0 Å². The van der Waals surface area contributed by atoms with Crippen molar-refractivity contribution in [1.29, 1.82) is 0 Å². The summed E-state index contributed by atoms with van der Waals surface area (Å²) in [5.74, 6) is 2.41. The van der Waals surface area contributed by atoms with E-state index in [0.29, 0.717) is 6.61 Å². The van der Waals surface area contributed by atoms with Gasteiger partial charge < -0.3 is 18.9 Å². The number of allylic oxidation sites excluding steroid dienone is 3. The van der Waals surface area contributed by atoms with Gasteiger partial charge in [0, 0.05) is 0 Å². The molecule has 1 fully saturated rings. The first-order valence-electron chi connectivity index (χ1n) is 7.43. The number of hydrogen-bond acceptors (Lipinski definition) is 4. The zero-order valence-corrected chi connectivity index (χ0v) is 12.6. The third-order valence-electron chi connectivity index (χ3n) is 3.40. The SMILES string of the molecule is COc1ccc(OC2=C/C/C=C\C(OCC3CO3)/C=C\2)cc1. The summed E-state index contributed by atoms with van der Waals surface area (Å²) in [7, 11) is 1.65. The van der Waals surface area contributed by atoms with E-state index in [1.54, 1.807) is 7.11 Å². The Hall–Kier alpha value is -2.04. The highest BCUT2D eigenvalue weighted by molar-refractivity contribution is 5.34. The fourth-order valence-corrected chi connectivity index (χ4v) is 2.07. The van der Waals surface area contributed by atoms with Crippen molar-refractivity contribution in [1.82, 2.24) is 0 Å². The van der Waals surface area contributed by atoms with Gasteiger partial charge in [-0.1, -0.05) is 12.2 Å². The van der Waals surface area contributed by atoms with Crippen molar-refractivity contribution in [3.05, 3.63) is 60.4 Å². The summed E-state index contributed by atoms with van der Waals surface area (Å²) < 4.78 is 22.0. The molecule has 2 atom stereocenters. The molecule has 1 aromatic rings. The maximum Gasteiger partial charge on any atom is 0.127 e. The molecule has 0 radical (unpaired) electrons. The molecule has 1 aromatic carbocycles. The molecule has 1 aliphatic heterocycles. The molecule has 3 rings (SSSR count). The lowest BCUT2D eigenvalue weighted by molar-refractivity contribution is 0.0988. The normalized spacial score (nSPS) is 28.7. The van der Waals surface area contributed by atoms with Crippen LogP contribution in [-0.2, 0) is 9.47 Å². The highest BCUT2D eigenvalue weighted by Crippen LogP contribution is 2.20. The summed E-state index contributed by atoms with van der Waals surface area (Å²) in [6.07, 6.45) is 11.2. The Labute approximate surface area is 130 Å². The standard InChI is InChI=1S/C18H20O4/c1-19-14-6-9-17(10-7-14)22-16-5-3-2-4-15(8-11-16)20-12-18-13-21-18/h2,4-11,15,18H,3,12-13H2,1H3/b4-2-,11-8-,16-5+. The molecule has 116 valence electrons. The highest BCUT2D eigenvalue weighted by Gasteiger charge is 2.23. The lowest BCUT2D eigenvalue weighted by Gasteiger charge is -2.12. The second-order valence-electron chi connectivity index (χ2n) is 5.16. The Morgan fingerprint density at radius 3 is 2.64 bits per heavy atom. The second kappa shape index (κ2) is 7.29. The van der Waals surface area contributed by atoms with Crippen molar-refractivity contribution in [2.24, 2.45) is 0 Å². The van der Waals surface area contributed by atoms with Crippen LogP contribution in [0, 0.1) is 0 Å². The van der Waals surface area contributed by atoms with Gasteiger partial charge in [-0.2, -0.15) is 0 Å². The first kappa shape index (κ1) is 14.9. The first-order chi connectivity index (χ1) is 10.8. The molecule has 22 heavy (non-hydrogen) atoms. The van der Waals surface area contributed by atoms with Gasteiger partial charge in [-0.25, -0.2) is 0 Å². The van der Waals surface area contributed by atoms with Crippen molar-refractivity contribution in [3.8, 4) is 11.5 Å². The van der Waals surface area contributed by atoms with Crippen molar-refractivity contribution < 1.29 is 18.9 Å². The third-order valence-corrected chi connectivity index (χ3v) is 3.40. The molecule has 2 unspecified atom stereocenters. The van der Waals surface area contributed by atoms with E-state index in [0.717, 1.165) is 30.3 Å². The number of ether oxygens (including phenoxy) is 4. The molecule has 0 amide bonds. The van der Waals surface area contributed by atoms with Crippen LogP contribution in [-0.4, -0.2) is 32.5 Å². The Bertz CT molecular complexity index is 567. The van der Waals surface area contributed by atoms with Gasteiger partial charge in [0.15, 0.2) is 0 Å². The van der Waals surface area contributed by atoms with Gasteiger partial charge in [0.1, 0.15) is 23.4 Å². The second-order valence-corrected chi connectivity index (χ2v) is 5.16. The molecule has 0 bridgehead atoms. The molecule has 0 spiro atoms. The van der Waals surface area contributed by atoms with Crippen molar-refractivity contribution in [2.75, 3.05) is 20.3 Å². The van der Waals surface area contributed by atoms with Crippen LogP contribution >= 0.6 is 0 Å². The highest BCUT2D eigenvalue weighted by atomic mass is 16.6. The van der Waals surface area contributed by atoms with Gasteiger partial charge in [0.05, 0.1) is 26.4 Å². The summed E-state index contributed by atoms with van der Waals surface area (Å²) in [4.78, 5) is 0. The quantitative estimate of drug-likeness (QED) is 0.597. The Morgan fingerprint density at radius 1 is 1.14 bits per heavy atom. The first-order valence-corrected chi connectivity index (χ1v) is 7.43. The molecule has 0 aromatic heterocycles. The van der Waals surface area contributed by atoms with Gasteiger partial charge in [-0.3, -0.25) is 0 Å². The number of methoxy groups -OCH3 is 1. The summed E-state index contributed by atoms with van der Waals surface area (Å²) in [5, 5.41) is 0. The Balaban J connectivity index is 1.59. The lowest BCUT2D eigenvalue weighted by Crippen LogP contribution is -2.12. The van der Waals surface area contributed by atoms with Crippen LogP contribution in [0.25, 0.3) is 0 Å². The average Bonchev–Trinajstić information content (AvgIpc) is 3.34. The van der Waals surface area contributed by atoms with Gasteiger partial charge >= 0.3 is 0 Å². The van der Waals surface area contributed by atoms with Gasteiger partial charge in [-0.05, 0) is 48.9 Å². The van der Waals surface area contributed by atoms with E-state index in [1.807, 2.05) is 42.5 Å². The molecule has 0 saturated carbocycles. The maximum absolute atomic E-state index is 5.88. The van der Waals surface area contributed by atoms with E-state index in [9.17, 15) is 0 Å². The predicted octanol–water partition coefficient (Wildman–Crippen LogP) is 3.26. The molecule has 4 nitrogen and oxygen atoms in total. The number of benzene rings is 1. The minimum atomic E-state index is -0.0348. The van der Waals surface area contributed by atoms with E-state index in [-0.39, 0.29) is 12.2 Å². The molecule has 4 heteroatoms.